The van der Waals surface area contributed by atoms with Crippen LogP contribution < -0.4 is 10.6 Å². The Morgan fingerprint density at radius 1 is 1.25 bits per heavy atom. The van der Waals surface area contributed by atoms with Gasteiger partial charge >= 0.3 is 0 Å². The second-order valence-electron chi connectivity index (χ2n) is 3.53. The minimum Gasteiger partial charge on any atom is -0.392 e. The number of benzene rings is 1. The minimum absolute atomic E-state index is 0.00878. The predicted molar refractivity (Wildman–Crippen MR) is 62.8 cm³/mol. The van der Waals surface area contributed by atoms with Crippen LogP contribution >= 0.6 is 0 Å². The van der Waals surface area contributed by atoms with Crippen molar-refractivity contribution in [2.24, 2.45) is 0 Å². The molecule has 88 valence electrons. The van der Waals surface area contributed by atoms with Gasteiger partial charge in [0, 0.05) is 13.1 Å². The van der Waals surface area contributed by atoms with Crippen molar-refractivity contribution in [2.75, 3.05) is 13.1 Å². The van der Waals surface area contributed by atoms with E-state index < -0.39 is 0 Å². The van der Waals surface area contributed by atoms with Crippen LogP contribution in [0.4, 0.5) is 0 Å². The zero-order valence-electron chi connectivity index (χ0n) is 9.49. The van der Waals surface area contributed by atoms with Crippen molar-refractivity contribution in [3.8, 4) is 0 Å². The maximum atomic E-state index is 11.1. The number of hydrogen-bond acceptors (Lipinski definition) is 3. The second-order valence-corrected chi connectivity index (χ2v) is 3.53. The Morgan fingerprint density at radius 3 is 2.44 bits per heavy atom. The van der Waals surface area contributed by atoms with Gasteiger partial charge in [-0.25, -0.2) is 0 Å². The van der Waals surface area contributed by atoms with Crippen LogP contribution in [0.5, 0.6) is 0 Å². The van der Waals surface area contributed by atoms with Crippen molar-refractivity contribution in [1.82, 2.24) is 10.6 Å². The van der Waals surface area contributed by atoms with Gasteiger partial charge in [-0.3, -0.25) is 4.79 Å². The van der Waals surface area contributed by atoms with Crippen LogP contribution in [0.3, 0.4) is 0 Å². The number of nitrogens with one attached hydrogen (secondary N) is 2. The maximum Gasteiger partial charge on any atom is 0.233 e. The average Bonchev–Trinajstić information content (AvgIpc) is 2.30. The molecule has 0 aliphatic carbocycles. The quantitative estimate of drug-likeness (QED) is 0.653. The lowest BCUT2D eigenvalue weighted by atomic mass is 10.1. The monoisotopic (exact) mass is 222 g/mol. The van der Waals surface area contributed by atoms with E-state index in [1.807, 2.05) is 31.2 Å². The van der Waals surface area contributed by atoms with Crippen molar-refractivity contribution in [2.45, 2.75) is 20.1 Å². The summed E-state index contributed by atoms with van der Waals surface area (Å²) < 4.78 is 0. The Hall–Kier alpha value is -1.39. The molecule has 0 saturated heterocycles. The number of aliphatic hydroxyl groups excluding tert-OH is 1. The summed E-state index contributed by atoms with van der Waals surface area (Å²) in [5.41, 5.74) is 1.99. The molecule has 0 saturated carbocycles. The Kier molecular flexibility index (Phi) is 5.53. The summed E-state index contributed by atoms with van der Waals surface area (Å²) in [4.78, 5) is 11.1. The molecule has 3 N–H and O–H groups in total. The fourth-order valence-corrected chi connectivity index (χ4v) is 1.34. The first-order chi connectivity index (χ1) is 7.76. The van der Waals surface area contributed by atoms with Crippen molar-refractivity contribution in [3.05, 3.63) is 35.4 Å². The third kappa shape index (κ3) is 4.42. The largest absolute Gasteiger partial charge is 0.392 e. The Balaban J connectivity index is 2.29. The van der Waals surface area contributed by atoms with Crippen molar-refractivity contribution in [3.63, 3.8) is 0 Å². The van der Waals surface area contributed by atoms with Gasteiger partial charge in [-0.15, -0.1) is 0 Å². The molecule has 0 heterocycles. The molecule has 1 amide bonds. The van der Waals surface area contributed by atoms with Gasteiger partial charge < -0.3 is 15.7 Å². The summed E-state index contributed by atoms with van der Waals surface area (Å²) in [6.07, 6.45) is 0. The minimum atomic E-state index is 0.00878. The van der Waals surface area contributed by atoms with Crippen LogP contribution in [-0.2, 0) is 17.9 Å². The lowest BCUT2D eigenvalue weighted by molar-refractivity contribution is -0.120. The zero-order chi connectivity index (χ0) is 11.8. The van der Waals surface area contributed by atoms with E-state index in [4.69, 9.17) is 5.11 Å². The highest BCUT2D eigenvalue weighted by molar-refractivity contribution is 5.77. The highest BCUT2D eigenvalue weighted by Crippen LogP contribution is 2.03. The highest BCUT2D eigenvalue weighted by Gasteiger charge is 1.98. The van der Waals surface area contributed by atoms with Crippen LogP contribution in [0.25, 0.3) is 0 Å². The van der Waals surface area contributed by atoms with E-state index in [0.29, 0.717) is 19.6 Å². The maximum absolute atomic E-state index is 11.1. The summed E-state index contributed by atoms with van der Waals surface area (Å²) in [6.45, 7) is 3.60. The first kappa shape index (κ1) is 12.7. The number of carbonyl (C=O) groups is 1. The third-order valence-electron chi connectivity index (χ3n) is 2.19. The zero-order valence-corrected chi connectivity index (χ0v) is 9.49. The van der Waals surface area contributed by atoms with E-state index in [-0.39, 0.29) is 12.5 Å². The first-order valence-corrected chi connectivity index (χ1v) is 5.42. The van der Waals surface area contributed by atoms with Gasteiger partial charge in [-0.2, -0.15) is 0 Å². The van der Waals surface area contributed by atoms with Crippen LogP contribution in [0, 0.1) is 0 Å². The van der Waals surface area contributed by atoms with Crippen molar-refractivity contribution < 1.29 is 9.90 Å². The Labute approximate surface area is 95.7 Å². The number of rotatable bonds is 6. The van der Waals surface area contributed by atoms with Gasteiger partial charge in [0.1, 0.15) is 0 Å². The van der Waals surface area contributed by atoms with Crippen LogP contribution in [-0.4, -0.2) is 24.1 Å². The summed E-state index contributed by atoms with van der Waals surface area (Å²) in [7, 11) is 0. The molecule has 4 heteroatoms. The summed E-state index contributed by atoms with van der Waals surface area (Å²) in [5, 5.41) is 14.6. The Morgan fingerprint density at radius 2 is 1.88 bits per heavy atom. The molecule has 16 heavy (non-hydrogen) atoms. The average molecular weight is 222 g/mol. The molecule has 0 atom stereocenters. The predicted octanol–water partition coefficient (Wildman–Crippen LogP) is 0.405. The molecular formula is C12H18N2O2. The number of hydrogen-bond donors (Lipinski definition) is 3. The SMILES string of the molecule is CCNC(=O)CNCc1ccc(CO)cc1. The fourth-order valence-electron chi connectivity index (χ4n) is 1.34. The molecule has 1 rings (SSSR count). The lowest BCUT2D eigenvalue weighted by Crippen LogP contribution is -2.33. The number of aliphatic hydroxyl groups is 1. The standard InChI is InChI=1S/C12H18N2O2/c1-2-14-12(16)8-13-7-10-3-5-11(9-15)6-4-10/h3-6,13,15H,2,7-9H2,1H3,(H,14,16). The topological polar surface area (TPSA) is 61.4 Å². The number of amides is 1. The molecule has 0 aliphatic rings. The van der Waals surface area contributed by atoms with Crippen molar-refractivity contribution in [1.29, 1.82) is 0 Å². The van der Waals surface area contributed by atoms with Gasteiger partial charge in [0.2, 0.25) is 5.91 Å². The van der Waals surface area contributed by atoms with Crippen LogP contribution in [0.15, 0.2) is 24.3 Å². The Bertz CT molecular complexity index is 322. The summed E-state index contributed by atoms with van der Waals surface area (Å²) in [5.74, 6) is 0.00878. The second kappa shape index (κ2) is 6.98. The normalized spacial score (nSPS) is 10.1. The highest BCUT2D eigenvalue weighted by atomic mass is 16.3. The molecule has 0 fully saturated rings. The molecule has 0 aliphatic heterocycles. The van der Waals surface area contributed by atoms with Crippen LogP contribution in [0.1, 0.15) is 18.1 Å². The van der Waals surface area contributed by atoms with E-state index in [0.717, 1.165) is 11.1 Å². The molecule has 1 aromatic rings. The van der Waals surface area contributed by atoms with E-state index in [1.54, 1.807) is 0 Å². The van der Waals surface area contributed by atoms with E-state index in [2.05, 4.69) is 10.6 Å². The summed E-state index contributed by atoms with van der Waals surface area (Å²) in [6, 6.07) is 7.64. The fraction of sp³-hybridized carbons (Fsp3) is 0.417. The van der Waals surface area contributed by atoms with Gasteiger partial charge in [0.15, 0.2) is 0 Å². The summed E-state index contributed by atoms with van der Waals surface area (Å²) >= 11 is 0. The smallest absolute Gasteiger partial charge is 0.233 e. The lowest BCUT2D eigenvalue weighted by Gasteiger charge is -2.05. The molecule has 0 aromatic heterocycles. The van der Waals surface area contributed by atoms with Gasteiger partial charge in [0.25, 0.3) is 0 Å². The molecule has 0 radical (unpaired) electrons. The molecule has 0 unspecified atom stereocenters. The number of carbonyl (C=O) groups excluding carboxylic acids is 1. The van der Waals surface area contributed by atoms with Crippen molar-refractivity contribution >= 4 is 5.91 Å². The van der Waals surface area contributed by atoms with Gasteiger partial charge in [-0.1, -0.05) is 24.3 Å². The first-order valence-electron chi connectivity index (χ1n) is 5.42. The van der Waals surface area contributed by atoms with E-state index in [1.165, 1.54) is 0 Å². The van der Waals surface area contributed by atoms with Gasteiger partial charge in [0.05, 0.1) is 13.2 Å². The molecular weight excluding hydrogens is 204 g/mol. The molecule has 0 spiro atoms. The molecule has 1 aromatic carbocycles. The molecule has 4 nitrogen and oxygen atoms in total. The number of likely N-dealkylation sites (N-methyl/N-ethyl adjacent to an activating group) is 1. The van der Waals surface area contributed by atoms with E-state index >= 15 is 0 Å². The molecule has 0 bridgehead atoms. The third-order valence-corrected chi connectivity index (χ3v) is 2.19. The van der Waals surface area contributed by atoms with Crippen LogP contribution in [0.2, 0.25) is 0 Å². The van der Waals surface area contributed by atoms with Gasteiger partial charge in [-0.05, 0) is 18.1 Å². The van der Waals surface area contributed by atoms with E-state index in [9.17, 15) is 4.79 Å².